The number of carbonyl (C=O) groups excluding carboxylic acids is 1. The first kappa shape index (κ1) is 31.8. The molecule has 1 heterocycles. The van der Waals surface area contributed by atoms with E-state index in [0.29, 0.717) is 36.0 Å². The van der Waals surface area contributed by atoms with Crippen molar-refractivity contribution in [1.82, 2.24) is 4.98 Å². The smallest absolute Gasteiger partial charge is 0.185 e. The summed E-state index contributed by atoms with van der Waals surface area (Å²) in [6, 6.07) is 25.7. The Morgan fingerprint density at radius 2 is 1.51 bits per heavy atom. The Balaban J connectivity index is 1.03. The molecule has 0 saturated carbocycles. The second-order valence-corrected chi connectivity index (χ2v) is 11.9. The fraction of sp³-hybridized carbons (Fsp3) is 0.263. The molecule has 5 aromatic rings. The number of ketones is 1. The number of hydrogen-bond acceptors (Lipinski definition) is 7. The zero-order valence-corrected chi connectivity index (χ0v) is 27.1. The molecule has 1 aromatic heterocycles. The van der Waals surface area contributed by atoms with Gasteiger partial charge in [-0.1, -0.05) is 24.3 Å². The van der Waals surface area contributed by atoms with Crippen LogP contribution in [0.4, 0.5) is 0 Å². The number of rotatable bonds is 15. The predicted molar refractivity (Wildman–Crippen MR) is 183 cm³/mol. The monoisotopic (exact) mass is 621 g/mol. The summed E-state index contributed by atoms with van der Waals surface area (Å²) in [5, 5.41) is 1.02. The van der Waals surface area contributed by atoms with Crippen LogP contribution in [-0.4, -0.2) is 38.2 Å². The van der Waals surface area contributed by atoms with Crippen molar-refractivity contribution in [3.8, 4) is 33.6 Å². The maximum atomic E-state index is 12.8. The van der Waals surface area contributed by atoms with Crippen molar-refractivity contribution in [3.63, 3.8) is 0 Å². The largest absolute Gasteiger partial charge is 0.496 e. The van der Waals surface area contributed by atoms with Gasteiger partial charge in [0.15, 0.2) is 17.3 Å². The van der Waals surface area contributed by atoms with Crippen LogP contribution in [-0.2, 0) is 0 Å². The number of hydrogen-bond donors (Lipinski definition) is 0. The minimum atomic E-state index is -0.0832. The molecule has 45 heavy (non-hydrogen) atoms. The number of para-hydroxylation sites is 1. The van der Waals surface area contributed by atoms with Crippen LogP contribution < -0.4 is 18.9 Å². The van der Waals surface area contributed by atoms with Gasteiger partial charge in [-0.25, -0.2) is 4.98 Å². The van der Waals surface area contributed by atoms with Gasteiger partial charge in [0, 0.05) is 11.1 Å². The second kappa shape index (κ2) is 15.4. The van der Waals surface area contributed by atoms with Crippen LogP contribution in [0, 0.1) is 13.8 Å². The fourth-order valence-corrected chi connectivity index (χ4v) is 5.95. The standard InChI is InChI=1S/C38H39NO5S/c1-26-23-30(25-35(42-4)27(26)2)33(40)19-13-28-14-20-34(41-3)36(24-28)44-22-10-6-5-9-21-43-31-17-15-29(16-18-31)38-39-32-11-7-8-12-37(32)45-38/h7-8,11-20,23-25H,5-6,9-10,21-22H2,1-4H3/b19-13+. The van der Waals surface area contributed by atoms with Crippen molar-refractivity contribution < 1.29 is 23.7 Å². The second-order valence-electron chi connectivity index (χ2n) is 10.9. The number of aryl methyl sites for hydroxylation is 1. The van der Waals surface area contributed by atoms with E-state index in [1.54, 1.807) is 43.8 Å². The van der Waals surface area contributed by atoms with E-state index in [2.05, 4.69) is 18.2 Å². The Kier molecular flexibility index (Phi) is 10.9. The molecule has 5 rings (SSSR count). The van der Waals surface area contributed by atoms with Crippen LogP contribution in [0.15, 0.2) is 84.9 Å². The van der Waals surface area contributed by atoms with E-state index in [1.807, 2.05) is 68.4 Å². The molecule has 6 nitrogen and oxygen atoms in total. The molecule has 0 unspecified atom stereocenters. The van der Waals surface area contributed by atoms with Crippen LogP contribution in [0.1, 0.15) is 52.7 Å². The molecule has 7 heteroatoms. The Morgan fingerprint density at radius 3 is 2.24 bits per heavy atom. The number of ether oxygens (including phenoxy) is 4. The molecule has 0 amide bonds. The van der Waals surface area contributed by atoms with Gasteiger partial charge >= 0.3 is 0 Å². The number of aromatic nitrogens is 1. The van der Waals surface area contributed by atoms with Gasteiger partial charge in [0.2, 0.25) is 0 Å². The molecular weight excluding hydrogens is 582 g/mol. The average Bonchev–Trinajstić information content (AvgIpc) is 3.51. The van der Waals surface area contributed by atoms with E-state index in [1.165, 1.54) is 4.70 Å². The maximum Gasteiger partial charge on any atom is 0.185 e. The maximum absolute atomic E-state index is 12.8. The fourth-order valence-electron chi connectivity index (χ4n) is 4.98. The Labute approximate surface area is 269 Å². The lowest BCUT2D eigenvalue weighted by Crippen LogP contribution is -2.01. The van der Waals surface area contributed by atoms with E-state index in [9.17, 15) is 4.79 Å². The first-order valence-electron chi connectivity index (χ1n) is 15.2. The quantitative estimate of drug-likeness (QED) is 0.0659. The molecule has 232 valence electrons. The van der Waals surface area contributed by atoms with E-state index in [-0.39, 0.29) is 5.78 Å². The highest BCUT2D eigenvalue weighted by molar-refractivity contribution is 7.21. The van der Waals surface area contributed by atoms with Crippen LogP contribution in [0.3, 0.4) is 0 Å². The molecular formula is C38H39NO5S. The predicted octanol–water partition coefficient (Wildman–Crippen LogP) is 9.51. The van der Waals surface area contributed by atoms with Crippen molar-refractivity contribution in [2.75, 3.05) is 27.4 Å². The molecule has 0 saturated heterocycles. The van der Waals surface area contributed by atoms with Crippen molar-refractivity contribution in [3.05, 3.63) is 107 Å². The average molecular weight is 622 g/mol. The van der Waals surface area contributed by atoms with Crippen LogP contribution >= 0.6 is 11.3 Å². The van der Waals surface area contributed by atoms with Crippen molar-refractivity contribution in [2.24, 2.45) is 0 Å². The van der Waals surface area contributed by atoms with Crippen molar-refractivity contribution in [2.45, 2.75) is 39.5 Å². The summed E-state index contributed by atoms with van der Waals surface area (Å²) in [6.07, 6.45) is 7.37. The Morgan fingerprint density at radius 1 is 0.778 bits per heavy atom. The van der Waals surface area contributed by atoms with E-state index >= 15 is 0 Å². The summed E-state index contributed by atoms with van der Waals surface area (Å²) < 4.78 is 24.1. The molecule has 0 spiro atoms. The van der Waals surface area contributed by atoms with E-state index in [4.69, 9.17) is 23.9 Å². The number of methoxy groups -OCH3 is 2. The van der Waals surface area contributed by atoms with Crippen molar-refractivity contribution in [1.29, 1.82) is 0 Å². The number of unbranched alkanes of at least 4 members (excludes halogenated alkanes) is 3. The van der Waals surface area contributed by atoms with Gasteiger partial charge in [0.25, 0.3) is 0 Å². The highest BCUT2D eigenvalue weighted by Gasteiger charge is 2.10. The number of nitrogens with zero attached hydrogens (tertiary/aromatic N) is 1. The minimum Gasteiger partial charge on any atom is -0.496 e. The minimum absolute atomic E-state index is 0.0832. The first-order chi connectivity index (χ1) is 21.9. The zero-order chi connectivity index (χ0) is 31.6. The lowest BCUT2D eigenvalue weighted by molar-refractivity contribution is 0.104. The third-order valence-corrected chi connectivity index (χ3v) is 8.78. The molecule has 0 radical (unpaired) electrons. The summed E-state index contributed by atoms with van der Waals surface area (Å²) in [7, 11) is 3.24. The molecule has 0 aliphatic heterocycles. The summed E-state index contributed by atoms with van der Waals surface area (Å²) in [6.45, 7) is 5.22. The number of thiazole rings is 1. The zero-order valence-electron chi connectivity index (χ0n) is 26.3. The summed E-state index contributed by atoms with van der Waals surface area (Å²) >= 11 is 1.70. The Hall–Kier alpha value is -4.62. The van der Waals surface area contributed by atoms with Gasteiger partial charge < -0.3 is 18.9 Å². The van der Waals surface area contributed by atoms with Gasteiger partial charge in [-0.05, 0) is 123 Å². The summed E-state index contributed by atoms with van der Waals surface area (Å²) in [5.41, 5.74) is 5.65. The highest BCUT2D eigenvalue weighted by Crippen LogP contribution is 2.31. The van der Waals surface area contributed by atoms with Crippen molar-refractivity contribution >= 4 is 33.4 Å². The molecule has 0 aliphatic rings. The molecule has 0 bridgehead atoms. The lowest BCUT2D eigenvalue weighted by atomic mass is 10.0. The Bertz CT molecular complexity index is 1740. The molecule has 0 N–H and O–H groups in total. The van der Waals surface area contributed by atoms with Gasteiger partial charge in [-0.2, -0.15) is 0 Å². The van der Waals surface area contributed by atoms with Gasteiger partial charge in [0.1, 0.15) is 16.5 Å². The van der Waals surface area contributed by atoms with E-state index in [0.717, 1.165) is 64.2 Å². The highest BCUT2D eigenvalue weighted by atomic mass is 32.1. The topological polar surface area (TPSA) is 66.9 Å². The lowest BCUT2D eigenvalue weighted by Gasteiger charge is -2.12. The van der Waals surface area contributed by atoms with Gasteiger partial charge in [0.05, 0.1) is 37.6 Å². The third-order valence-electron chi connectivity index (χ3n) is 7.70. The third kappa shape index (κ3) is 8.31. The number of fused-ring (bicyclic) bond motifs is 1. The van der Waals surface area contributed by atoms with Crippen LogP contribution in [0.5, 0.6) is 23.0 Å². The number of allylic oxidation sites excluding steroid dienone is 1. The van der Waals surface area contributed by atoms with Crippen LogP contribution in [0.25, 0.3) is 26.9 Å². The SMILES string of the molecule is COc1ccc(/C=C/C(=O)c2cc(C)c(C)c(OC)c2)cc1OCCCCCCOc1ccc(-c2nc3ccccc3s2)cc1. The van der Waals surface area contributed by atoms with E-state index < -0.39 is 0 Å². The molecule has 0 aliphatic carbocycles. The summed E-state index contributed by atoms with van der Waals surface area (Å²) in [4.78, 5) is 17.6. The normalized spacial score (nSPS) is 11.2. The summed E-state index contributed by atoms with van der Waals surface area (Å²) in [5.74, 6) is 2.84. The van der Waals surface area contributed by atoms with Gasteiger partial charge in [-0.15, -0.1) is 11.3 Å². The first-order valence-corrected chi connectivity index (χ1v) is 16.0. The molecule has 4 aromatic carbocycles. The number of benzene rings is 4. The van der Waals surface area contributed by atoms with Crippen LogP contribution in [0.2, 0.25) is 0 Å². The molecule has 0 atom stereocenters. The molecule has 0 fully saturated rings. The number of carbonyl (C=O) groups is 1. The van der Waals surface area contributed by atoms with Gasteiger partial charge in [-0.3, -0.25) is 4.79 Å².